The van der Waals surface area contributed by atoms with Crippen LogP contribution in [0.4, 0.5) is 4.39 Å². The first kappa shape index (κ1) is 19.1. The number of hydrogen-bond acceptors (Lipinski definition) is 4. The predicted octanol–water partition coefficient (Wildman–Crippen LogP) is 2.59. The van der Waals surface area contributed by atoms with Crippen LogP contribution in [-0.4, -0.2) is 34.4 Å². The number of sulfonamides is 1. The topological polar surface area (TPSA) is 67.4 Å². The van der Waals surface area contributed by atoms with Gasteiger partial charge in [0.2, 0.25) is 10.0 Å². The molecule has 0 unspecified atom stereocenters. The summed E-state index contributed by atoms with van der Waals surface area (Å²) >= 11 is 0. The standard InChI is InChI=1S/C17H27FN2O3S/c1-13(20-24(21,22)10-4-3-9-19-2)15-7-8-16(18)17(11-15)23-12-14-5-6-14/h7-8,11,13-14,19-20H,3-6,9-10,12H2,1-2H3/t13-/m0/s1. The Kier molecular flexibility index (Phi) is 7.01. The lowest BCUT2D eigenvalue weighted by Gasteiger charge is -2.16. The molecule has 1 aliphatic rings. The van der Waals surface area contributed by atoms with Crippen LogP contribution >= 0.6 is 0 Å². The van der Waals surface area contributed by atoms with Gasteiger partial charge < -0.3 is 10.1 Å². The molecule has 1 saturated carbocycles. The average Bonchev–Trinajstić information content (AvgIpc) is 3.34. The molecule has 1 aromatic carbocycles. The second-order valence-corrected chi connectivity index (χ2v) is 8.29. The van der Waals surface area contributed by atoms with Gasteiger partial charge >= 0.3 is 0 Å². The highest BCUT2D eigenvalue weighted by molar-refractivity contribution is 7.89. The number of hydrogen-bond donors (Lipinski definition) is 2. The third-order valence-corrected chi connectivity index (χ3v) is 5.61. The number of unbranched alkanes of at least 4 members (excludes halogenated alkanes) is 1. The molecule has 1 aliphatic carbocycles. The molecule has 1 fully saturated rings. The van der Waals surface area contributed by atoms with E-state index < -0.39 is 21.9 Å². The minimum absolute atomic E-state index is 0.0885. The molecule has 0 bridgehead atoms. The molecule has 7 heteroatoms. The summed E-state index contributed by atoms with van der Waals surface area (Å²) in [6.07, 6.45) is 3.67. The molecule has 24 heavy (non-hydrogen) atoms. The maximum absolute atomic E-state index is 13.8. The second kappa shape index (κ2) is 8.78. The third-order valence-electron chi connectivity index (χ3n) is 4.07. The first-order valence-corrected chi connectivity index (χ1v) is 10.1. The van der Waals surface area contributed by atoms with Crippen molar-refractivity contribution in [3.05, 3.63) is 29.6 Å². The predicted molar refractivity (Wildman–Crippen MR) is 93.1 cm³/mol. The van der Waals surface area contributed by atoms with Gasteiger partial charge in [-0.3, -0.25) is 0 Å². The van der Waals surface area contributed by atoms with E-state index in [1.807, 2.05) is 7.05 Å². The van der Waals surface area contributed by atoms with Crippen molar-refractivity contribution in [2.45, 2.75) is 38.6 Å². The normalized spacial score (nSPS) is 16.1. The maximum atomic E-state index is 13.8. The van der Waals surface area contributed by atoms with E-state index in [1.54, 1.807) is 19.1 Å². The number of nitrogens with one attached hydrogen (secondary N) is 2. The van der Waals surface area contributed by atoms with E-state index in [2.05, 4.69) is 10.0 Å². The van der Waals surface area contributed by atoms with Crippen molar-refractivity contribution in [1.29, 1.82) is 0 Å². The van der Waals surface area contributed by atoms with E-state index in [4.69, 9.17) is 4.74 Å². The first-order valence-electron chi connectivity index (χ1n) is 8.48. The van der Waals surface area contributed by atoms with Crippen molar-refractivity contribution < 1.29 is 17.5 Å². The van der Waals surface area contributed by atoms with Crippen molar-refractivity contribution in [2.24, 2.45) is 5.92 Å². The Labute approximate surface area is 144 Å². The first-order chi connectivity index (χ1) is 11.4. The van der Waals surface area contributed by atoms with Crippen molar-refractivity contribution in [3.63, 3.8) is 0 Å². The summed E-state index contributed by atoms with van der Waals surface area (Å²) in [5.41, 5.74) is 0.695. The zero-order valence-corrected chi connectivity index (χ0v) is 15.2. The highest BCUT2D eigenvalue weighted by Gasteiger charge is 2.23. The second-order valence-electron chi connectivity index (χ2n) is 6.41. The van der Waals surface area contributed by atoms with Crippen LogP contribution in [0.5, 0.6) is 5.75 Å². The van der Waals surface area contributed by atoms with Crippen LogP contribution in [-0.2, 0) is 10.0 Å². The smallest absolute Gasteiger partial charge is 0.212 e. The van der Waals surface area contributed by atoms with Gasteiger partial charge in [0.25, 0.3) is 0 Å². The minimum atomic E-state index is -3.36. The Morgan fingerprint density at radius 1 is 1.33 bits per heavy atom. The summed E-state index contributed by atoms with van der Waals surface area (Å²) in [4.78, 5) is 0. The Bertz CT molecular complexity index is 633. The molecule has 0 heterocycles. The van der Waals surface area contributed by atoms with Gasteiger partial charge in [-0.15, -0.1) is 0 Å². The molecule has 0 radical (unpaired) electrons. The van der Waals surface area contributed by atoms with Crippen LogP contribution in [0.3, 0.4) is 0 Å². The Morgan fingerprint density at radius 3 is 2.75 bits per heavy atom. The minimum Gasteiger partial charge on any atom is -0.490 e. The van der Waals surface area contributed by atoms with E-state index in [1.165, 1.54) is 6.07 Å². The van der Waals surface area contributed by atoms with Crippen molar-refractivity contribution >= 4 is 10.0 Å². The number of rotatable bonds is 11. The van der Waals surface area contributed by atoms with Gasteiger partial charge in [-0.05, 0) is 69.8 Å². The van der Waals surface area contributed by atoms with E-state index in [0.717, 1.165) is 25.8 Å². The molecule has 136 valence electrons. The van der Waals surface area contributed by atoms with Crippen LogP contribution in [0.1, 0.15) is 44.2 Å². The van der Waals surface area contributed by atoms with Crippen LogP contribution in [0, 0.1) is 11.7 Å². The highest BCUT2D eigenvalue weighted by atomic mass is 32.2. The Hall–Kier alpha value is -1.18. The monoisotopic (exact) mass is 358 g/mol. The maximum Gasteiger partial charge on any atom is 0.212 e. The van der Waals surface area contributed by atoms with E-state index in [-0.39, 0.29) is 11.5 Å². The van der Waals surface area contributed by atoms with Crippen molar-refractivity contribution in [3.8, 4) is 5.75 Å². The summed E-state index contributed by atoms with van der Waals surface area (Å²) in [5.74, 6) is 0.396. The number of halogens is 1. The molecule has 0 amide bonds. The SMILES string of the molecule is CNCCCCS(=O)(=O)N[C@@H](C)c1ccc(F)c(OCC2CC2)c1. The van der Waals surface area contributed by atoms with Gasteiger partial charge in [-0.1, -0.05) is 6.07 Å². The zero-order valence-electron chi connectivity index (χ0n) is 14.3. The summed E-state index contributed by atoms with van der Waals surface area (Å²) in [5, 5.41) is 2.99. The molecule has 5 nitrogen and oxygen atoms in total. The van der Waals surface area contributed by atoms with Crippen LogP contribution in [0.15, 0.2) is 18.2 Å². The van der Waals surface area contributed by atoms with Crippen LogP contribution in [0.2, 0.25) is 0 Å². The summed E-state index contributed by atoms with van der Waals surface area (Å²) in [7, 11) is -1.52. The number of benzene rings is 1. The van der Waals surface area contributed by atoms with Gasteiger partial charge in [0.05, 0.1) is 12.4 Å². The third kappa shape index (κ3) is 6.37. The van der Waals surface area contributed by atoms with Gasteiger partial charge in [0, 0.05) is 6.04 Å². The fourth-order valence-corrected chi connectivity index (χ4v) is 3.76. The van der Waals surface area contributed by atoms with Crippen molar-refractivity contribution in [2.75, 3.05) is 26.0 Å². The molecule has 0 aliphatic heterocycles. The average molecular weight is 358 g/mol. The van der Waals surface area contributed by atoms with Gasteiger partial charge in [-0.2, -0.15) is 0 Å². The number of ether oxygens (including phenoxy) is 1. The molecule has 2 rings (SSSR count). The fraction of sp³-hybridized carbons (Fsp3) is 0.647. The summed E-state index contributed by atoms with van der Waals surface area (Å²) in [6.45, 7) is 3.07. The Morgan fingerprint density at radius 2 is 2.08 bits per heavy atom. The lowest BCUT2D eigenvalue weighted by molar-refractivity contribution is 0.285. The van der Waals surface area contributed by atoms with E-state index >= 15 is 0 Å². The van der Waals surface area contributed by atoms with E-state index in [0.29, 0.717) is 24.5 Å². The highest BCUT2D eigenvalue weighted by Crippen LogP contribution is 2.31. The lowest BCUT2D eigenvalue weighted by Crippen LogP contribution is -2.29. The van der Waals surface area contributed by atoms with Gasteiger partial charge in [0.15, 0.2) is 11.6 Å². The summed E-state index contributed by atoms with van der Waals surface area (Å²) in [6, 6.07) is 4.08. The molecule has 1 aromatic rings. The van der Waals surface area contributed by atoms with Gasteiger partial charge in [-0.25, -0.2) is 17.5 Å². The molecule has 0 spiro atoms. The zero-order chi connectivity index (χ0) is 17.6. The molecule has 0 saturated heterocycles. The van der Waals surface area contributed by atoms with Crippen LogP contribution in [0.25, 0.3) is 0 Å². The largest absolute Gasteiger partial charge is 0.490 e. The Balaban J connectivity index is 1.92. The van der Waals surface area contributed by atoms with Gasteiger partial charge in [0.1, 0.15) is 0 Å². The molecular weight excluding hydrogens is 331 g/mol. The summed E-state index contributed by atoms with van der Waals surface area (Å²) < 4.78 is 46.2. The quantitative estimate of drug-likeness (QED) is 0.597. The molecule has 0 aromatic heterocycles. The molecule has 1 atom stereocenters. The van der Waals surface area contributed by atoms with Crippen LogP contribution < -0.4 is 14.8 Å². The molecule has 2 N–H and O–H groups in total. The molecular formula is C17H27FN2O3S. The fourth-order valence-electron chi connectivity index (χ4n) is 2.38. The lowest BCUT2D eigenvalue weighted by atomic mass is 10.1. The van der Waals surface area contributed by atoms with Crippen molar-refractivity contribution in [1.82, 2.24) is 10.0 Å². The van der Waals surface area contributed by atoms with E-state index in [9.17, 15) is 12.8 Å².